The van der Waals surface area contributed by atoms with E-state index < -0.39 is 11.9 Å². The van der Waals surface area contributed by atoms with Crippen molar-refractivity contribution in [3.05, 3.63) is 98.3 Å². The lowest BCUT2D eigenvalue weighted by molar-refractivity contribution is 0.0971. The van der Waals surface area contributed by atoms with E-state index in [1.807, 2.05) is 0 Å². The van der Waals surface area contributed by atoms with Gasteiger partial charge in [0.25, 0.3) is 5.91 Å². The van der Waals surface area contributed by atoms with E-state index in [2.05, 4.69) is 15.9 Å². The molecule has 3 aromatic carbocycles. The largest absolute Gasteiger partial charge is 0.508 e. The summed E-state index contributed by atoms with van der Waals surface area (Å²) in [6.45, 7) is 0. The summed E-state index contributed by atoms with van der Waals surface area (Å²) in [6, 6.07) is 17.9. The van der Waals surface area contributed by atoms with E-state index in [1.165, 1.54) is 4.90 Å². The monoisotopic (exact) mass is 477 g/mol. The maximum Gasteiger partial charge on any atom is 0.295 e. The van der Waals surface area contributed by atoms with Gasteiger partial charge < -0.3 is 14.3 Å². The molecule has 4 aromatic rings. The van der Waals surface area contributed by atoms with E-state index >= 15 is 0 Å². The van der Waals surface area contributed by atoms with E-state index in [-0.39, 0.29) is 22.5 Å². The number of halogens is 1. The van der Waals surface area contributed by atoms with Gasteiger partial charge in [-0.1, -0.05) is 28.1 Å². The summed E-state index contributed by atoms with van der Waals surface area (Å²) in [7, 11) is 1.56. The van der Waals surface area contributed by atoms with Gasteiger partial charge in [0.05, 0.1) is 24.1 Å². The maximum absolute atomic E-state index is 13.5. The van der Waals surface area contributed by atoms with Gasteiger partial charge in [-0.2, -0.15) is 0 Å². The average molecular weight is 478 g/mol. The molecule has 0 bridgehead atoms. The number of methoxy groups -OCH3 is 1. The third-order valence-corrected chi connectivity index (χ3v) is 5.86. The average Bonchev–Trinajstić information content (AvgIpc) is 3.07. The topological polar surface area (TPSA) is 80.0 Å². The molecule has 7 heteroatoms. The molecule has 1 unspecified atom stereocenters. The molecule has 1 atom stereocenters. The van der Waals surface area contributed by atoms with Gasteiger partial charge in [-0.05, 0) is 60.2 Å². The molecule has 1 N–H and O–H groups in total. The number of hydrogen-bond donors (Lipinski definition) is 1. The van der Waals surface area contributed by atoms with Crippen LogP contribution in [0, 0.1) is 0 Å². The van der Waals surface area contributed by atoms with E-state index in [4.69, 9.17) is 9.15 Å². The molecule has 31 heavy (non-hydrogen) atoms. The Hall–Kier alpha value is -3.58. The second-order valence-corrected chi connectivity index (χ2v) is 8.10. The molecule has 0 saturated carbocycles. The number of nitrogens with zero attached hydrogens (tertiary/aromatic N) is 1. The van der Waals surface area contributed by atoms with Crippen LogP contribution in [-0.4, -0.2) is 18.1 Å². The van der Waals surface area contributed by atoms with Crippen LogP contribution in [0.2, 0.25) is 0 Å². The van der Waals surface area contributed by atoms with E-state index in [9.17, 15) is 14.7 Å². The van der Waals surface area contributed by atoms with Crippen molar-refractivity contribution >= 4 is 38.5 Å². The van der Waals surface area contributed by atoms with Crippen molar-refractivity contribution in [2.75, 3.05) is 12.0 Å². The highest BCUT2D eigenvalue weighted by molar-refractivity contribution is 9.10. The number of anilines is 1. The Kier molecular flexibility index (Phi) is 4.55. The number of hydrogen-bond acceptors (Lipinski definition) is 5. The number of carbonyl (C=O) groups is 1. The molecule has 0 spiro atoms. The van der Waals surface area contributed by atoms with Crippen LogP contribution < -0.4 is 15.1 Å². The molecular weight excluding hydrogens is 462 g/mol. The first-order chi connectivity index (χ1) is 15.0. The normalized spacial score (nSPS) is 15.4. The van der Waals surface area contributed by atoms with Crippen molar-refractivity contribution in [1.82, 2.24) is 0 Å². The number of aromatic hydroxyl groups is 1. The predicted octanol–water partition coefficient (Wildman–Crippen LogP) is 5.02. The second kappa shape index (κ2) is 7.28. The summed E-state index contributed by atoms with van der Waals surface area (Å²) in [5, 5.41) is 10.4. The predicted molar refractivity (Wildman–Crippen MR) is 120 cm³/mol. The molecule has 2 heterocycles. The lowest BCUT2D eigenvalue weighted by atomic mass is 9.98. The zero-order valence-corrected chi connectivity index (χ0v) is 17.9. The van der Waals surface area contributed by atoms with Gasteiger partial charge in [0.2, 0.25) is 5.76 Å². The molecule has 6 nitrogen and oxygen atoms in total. The smallest absolute Gasteiger partial charge is 0.295 e. The van der Waals surface area contributed by atoms with Crippen LogP contribution in [-0.2, 0) is 0 Å². The van der Waals surface area contributed by atoms with E-state index in [0.29, 0.717) is 28.0 Å². The first kappa shape index (κ1) is 19.4. The summed E-state index contributed by atoms with van der Waals surface area (Å²) in [4.78, 5) is 28.5. The second-order valence-electron chi connectivity index (χ2n) is 7.19. The lowest BCUT2D eigenvalue weighted by Crippen LogP contribution is -2.29. The van der Waals surface area contributed by atoms with Crippen LogP contribution in [0.4, 0.5) is 5.69 Å². The molecule has 154 valence electrons. The van der Waals surface area contributed by atoms with Gasteiger partial charge in [0, 0.05) is 10.2 Å². The fraction of sp³-hybridized carbons (Fsp3) is 0.0833. The van der Waals surface area contributed by atoms with Crippen molar-refractivity contribution < 1.29 is 19.1 Å². The summed E-state index contributed by atoms with van der Waals surface area (Å²) < 4.78 is 11.9. The highest BCUT2D eigenvalue weighted by Gasteiger charge is 2.43. The number of ether oxygens (including phenoxy) is 1. The summed E-state index contributed by atoms with van der Waals surface area (Å²) in [6.07, 6.45) is 0. The first-order valence-corrected chi connectivity index (χ1v) is 10.3. The Bertz CT molecular complexity index is 1390. The molecule has 5 rings (SSSR count). The van der Waals surface area contributed by atoms with Crippen LogP contribution in [0.3, 0.4) is 0 Å². The molecule has 1 aromatic heterocycles. The van der Waals surface area contributed by atoms with Gasteiger partial charge >= 0.3 is 0 Å². The molecular formula is C24H16BrNO5. The number of phenols is 1. The Morgan fingerprint density at radius 2 is 1.81 bits per heavy atom. The molecule has 1 aliphatic heterocycles. The maximum atomic E-state index is 13.5. The Morgan fingerprint density at radius 3 is 2.52 bits per heavy atom. The number of benzene rings is 3. The minimum atomic E-state index is -0.748. The third kappa shape index (κ3) is 3.09. The number of rotatable bonds is 3. The van der Waals surface area contributed by atoms with Gasteiger partial charge in [-0.3, -0.25) is 14.5 Å². The van der Waals surface area contributed by atoms with Gasteiger partial charge in [0.15, 0.2) is 5.43 Å². The zero-order valence-electron chi connectivity index (χ0n) is 16.3. The zero-order chi connectivity index (χ0) is 21.7. The van der Waals surface area contributed by atoms with Crippen LogP contribution in [0.1, 0.15) is 27.7 Å². The lowest BCUT2D eigenvalue weighted by Gasteiger charge is -2.25. The number of phenolic OH excluding ortho intramolecular Hbond substituents is 1. The summed E-state index contributed by atoms with van der Waals surface area (Å²) in [5.41, 5.74) is 1.48. The highest BCUT2D eigenvalue weighted by Crippen LogP contribution is 2.42. The minimum absolute atomic E-state index is 0.00369. The number of carbonyl (C=O) groups excluding carboxylic acids is 1. The summed E-state index contributed by atoms with van der Waals surface area (Å²) in [5.74, 6) is 0.270. The van der Waals surface area contributed by atoms with Crippen molar-refractivity contribution in [2.24, 2.45) is 0 Å². The molecule has 0 aliphatic carbocycles. The third-order valence-electron chi connectivity index (χ3n) is 5.37. The molecule has 1 amide bonds. The number of amides is 1. The van der Waals surface area contributed by atoms with Gasteiger partial charge in [-0.25, -0.2) is 0 Å². The minimum Gasteiger partial charge on any atom is -0.508 e. The fourth-order valence-electron chi connectivity index (χ4n) is 3.96. The van der Waals surface area contributed by atoms with Crippen molar-refractivity contribution in [1.29, 1.82) is 0 Å². The molecule has 0 radical (unpaired) electrons. The van der Waals surface area contributed by atoms with Gasteiger partial charge in [-0.15, -0.1) is 0 Å². The Balaban J connectivity index is 1.80. The molecule has 1 aliphatic rings. The van der Waals surface area contributed by atoms with Crippen molar-refractivity contribution in [2.45, 2.75) is 6.04 Å². The quantitative estimate of drug-likeness (QED) is 0.448. The first-order valence-electron chi connectivity index (χ1n) is 9.50. The van der Waals surface area contributed by atoms with E-state index in [1.54, 1.807) is 73.8 Å². The van der Waals surface area contributed by atoms with Crippen LogP contribution in [0.15, 0.2) is 80.4 Å². The van der Waals surface area contributed by atoms with Gasteiger partial charge in [0.1, 0.15) is 17.1 Å². The highest BCUT2D eigenvalue weighted by atomic mass is 79.9. The van der Waals surface area contributed by atoms with Crippen LogP contribution in [0.5, 0.6) is 11.5 Å². The Morgan fingerprint density at radius 1 is 1.03 bits per heavy atom. The standard InChI is InChI=1S/C24H16BrNO5/c1-30-17-8-6-15(7-9-17)26-21(13-3-2-4-16(27)11-13)20-22(28)18-12-14(25)5-10-19(18)31-23(20)24(26)29/h2-12,21,27H,1H3. The molecule has 0 saturated heterocycles. The van der Waals surface area contributed by atoms with Crippen molar-refractivity contribution in [3.8, 4) is 11.5 Å². The fourth-order valence-corrected chi connectivity index (χ4v) is 4.33. The van der Waals surface area contributed by atoms with Crippen LogP contribution >= 0.6 is 15.9 Å². The Labute approximate surface area is 185 Å². The van der Waals surface area contributed by atoms with Crippen LogP contribution in [0.25, 0.3) is 11.0 Å². The van der Waals surface area contributed by atoms with Crippen molar-refractivity contribution in [3.63, 3.8) is 0 Å². The summed E-state index contributed by atoms with van der Waals surface area (Å²) >= 11 is 3.39. The number of fused-ring (bicyclic) bond motifs is 2. The SMILES string of the molecule is COc1ccc(N2C(=O)c3oc4ccc(Br)cc4c(=O)c3C2c2cccc(O)c2)cc1. The van der Waals surface area contributed by atoms with E-state index in [0.717, 1.165) is 4.47 Å². The molecule has 0 fully saturated rings.